The van der Waals surface area contributed by atoms with E-state index in [4.69, 9.17) is 0 Å². The van der Waals surface area contributed by atoms with Crippen molar-refractivity contribution in [3.05, 3.63) is 89.5 Å². The number of rotatable bonds is 4. The fourth-order valence-electron chi connectivity index (χ4n) is 3.23. The van der Waals surface area contributed by atoms with Crippen LogP contribution in [-0.4, -0.2) is 0 Å². The lowest BCUT2D eigenvalue weighted by molar-refractivity contribution is 0.588. The summed E-state index contributed by atoms with van der Waals surface area (Å²) in [6.45, 7) is 13.5. The van der Waals surface area contributed by atoms with E-state index in [0.717, 1.165) is 0 Å². The molecule has 3 aromatic rings. The van der Waals surface area contributed by atoms with Gasteiger partial charge in [0.1, 0.15) is 0 Å². The van der Waals surface area contributed by atoms with Crippen molar-refractivity contribution in [3.8, 4) is 0 Å². The van der Waals surface area contributed by atoms with Gasteiger partial charge in [0.25, 0.3) is 0 Å². The van der Waals surface area contributed by atoms with Crippen molar-refractivity contribution in [2.75, 3.05) is 0 Å². The first-order chi connectivity index (χ1) is 12.8. The largest absolute Gasteiger partial charge is 0.166 e. The van der Waals surface area contributed by atoms with Gasteiger partial charge in [-0.15, -0.1) is 0 Å². The molecule has 0 N–H and O–H groups in total. The van der Waals surface area contributed by atoms with Gasteiger partial charge in [-0.3, -0.25) is 0 Å². The molecule has 0 nitrogen and oxygen atoms in total. The van der Waals surface area contributed by atoms with Crippen molar-refractivity contribution in [2.45, 2.75) is 67.6 Å². The lowest BCUT2D eigenvalue weighted by Crippen LogP contribution is -2.13. The molecule has 3 rings (SSSR count). The minimum atomic E-state index is -0.0915. The molecule has 3 aromatic carbocycles. The Morgan fingerprint density at radius 1 is 0.704 bits per heavy atom. The lowest BCUT2D eigenvalue weighted by Gasteiger charge is -2.19. The number of hydrogen-bond acceptors (Lipinski definition) is 0. The Morgan fingerprint density at radius 2 is 1.30 bits per heavy atom. The van der Waals surface area contributed by atoms with Gasteiger partial charge >= 0.3 is 0 Å². The van der Waals surface area contributed by atoms with E-state index in [1.165, 1.54) is 31.4 Å². The van der Waals surface area contributed by atoms with E-state index in [-0.39, 0.29) is 16.3 Å². The molecule has 27 heavy (non-hydrogen) atoms. The van der Waals surface area contributed by atoms with Gasteiger partial charge in [0.15, 0.2) is 14.7 Å². The summed E-state index contributed by atoms with van der Waals surface area (Å²) in [5, 5.41) is 0. The Hall–Kier alpha value is -1.99. The molecular formula is C26H31S+. The third-order valence-electron chi connectivity index (χ3n) is 4.94. The number of aryl methyl sites for hydroxylation is 1. The quantitative estimate of drug-likeness (QED) is 0.414. The molecule has 0 aliphatic carbocycles. The predicted octanol–water partition coefficient (Wildman–Crippen LogP) is 7.51. The molecule has 0 amide bonds. The Bertz CT molecular complexity index is 898. The van der Waals surface area contributed by atoms with Crippen LogP contribution < -0.4 is 0 Å². The van der Waals surface area contributed by atoms with Crippen LogP contribution in [0.5, 0.6) is 0 Å². The highest BCUT2D eigenvalue weighted by atomic mass is 32.2. The Morgan fingerprint density at radius 3 is 1.85 bits per heavy atom. The van der Waals surface area contributed by atoms with Crippen LogP contribution in [0.4, 0.5) is 0 Å². The van der Waals surface area contributed by atoms with Gasteiger partial charge in [-0.25, -0.2) is 0 Å². The second-order valence-electron chi connectivity index (χ2n) is 8.62. The van der Waals surface area contributed by atoms with Crippen molar-refractivity contribution in [3.63, 3.8) is 0 Å². The smallest absolute Gasteiger partial charge is 0.0590 e. The summed E-state index contributed by atoms with van der Waals surface area (Å²) in [6, 6.07) is 27.4. The Balaban J connectivity index is 2.14. The number of benzene rings is 3. The van der Waals surface area contributed by atoms with Crippen LogP contribution in [0.3, 0.4) is 0 Å². The lowest BCUT2D eigenvalue weighted by atomic mass is 9.87. The zero-order chi connectivity index (χ0) is 19.6. The highest BCUT2D eigenvalue weighted by molar-refractivity contribution is 7.97. The summed E-state index contributed by atoms with van der Waals surface area (Å²) < 4.78 is 0. The Labute approximate surface area is 168 Å². The zero-order valence-electron chi connectivity index (χ0n) is 17.4. The van der Waals surface area contributed by atoms with Crippen molar-refractivity contribution in [1.82, 2.24) is 0 Å². The second-order valence-corrected chi connectivity index (χ2v) is 10.7. The third kappa shape index (κ3) is 4.65. The summed E-state index contributed by atoms with van der Waals surface area (Å²) in [7, 11) is -0.0915. The van der Waals surface area contributed by atoms with Gasteiger partial charge in [-0.2, -0.15) is 0 Å². The van der Waals surface area contributed by atoms with Crippen molar-refractivity contribution in [2.24, 2.45) is 0 Å². The van der Waals surface area contributed by atoms with E-state index in [1.807, 2.05) is 0 Å². The van der Waals surface area contributed by atoms with Crippen molar-refractivity contribution >= 4 is 10.9 Å². The van der Waals surface area contributed by atoms with E-state index in [0.29, 0.717) is 5.92 Å². The maximum Gasteiger partial charge on any atom is 0.166 e. The number of hydrogen-bond donors (Lipinski definition) is 0. The highest BCUT2D eigenvalue weighted by Crippen LogP contribution is 2.34. The van der Waals surface area contributed by atoms with Crippen LogP contribution in [0.25, 0.3) is 0 Å². The van der Waals surface area contributed by atoms with Gasteiger partial charge < -0.3 is 0 Å². The first-order valence-electron chi connectivity index (χ1n) is 9.77. The fraction of sp³-hybridized carbons (Fsp3) is 0.308. The molecule has 1 atom stereocenters. The molecule has 0 radical (unpaired) electrons. The first kappa shape index (κ1) is 19.8. The summed E-state index contributed by atoms with van der Waals surface area (Å²) in [5.41, 5.74) is 4.26. The first-order valence-corrected chi connectivity index (χ1v) is 11.0. The van der Waals surface area contributed by atoms with Crippen LogP contribution in [0.15, 0.2) is 87.5 Å². The van der Waals surface area contributed by atoms with Crippen LogP contribution >= 0.6 is 0 Å². The van der Waals surface area contributed by atoms with Crippen molar-refractivity contribution in [1.29, 1.82) is 0 Å². The average molecular weight is 376 g/mol. The van der Waals surface area contributed by atoms with Crippen LogP contribution in [0.1, 0.15) is 57.2 Å². The van der Waals surface area contributed by atoms with Crippen molar-refractivity contribution < 1.29 is 0 Å². The summed E-state index contributed by atoms with van der Waals surface area (Å²) in [5.74, 6) is 0.559. The average Bonchev–Trinajstić information content (AvgIpc) is 2.62. The minimum Gasteiger partial charge on any atom is -0.0590 e. The Kier molecular flexibility index (Phi) is 5.81. The molecule has 0 saturated carbocycles. The standard InChI is InChI=1S/C26H31S/c1-19(2)21-13-15-23(16-14-21)27(24-11-7-9-20(3)17-24)25-12-8-10-22(18-25)26(4,5)6/h7-19H,1-6H3/q+1. The van der Waals surface area contributed by atoms with Gasteiger partial charge in [0.2, 0.25) is 0 Å². The molecule has 1 heteroatoms. The highest BCUT2D eigenvalue weighted by Gasteiger charge is 2.30. The SMILES string of the molecule is Cc1cccc([S+](c2ccc(C(C)C)cc2)c2cccc(C(C)(C)C)c2)c1. The van der Waals surface area contributed by atoms with E-state index in [2.05, 4.69) is 114 Å². The van der Waals surface area contributed by atoms with Crippen LogP contribution in [0, 0.1) is 6.92 Å². The second kappa shape index (κ2) is 7.94. The zero-order valence-corrected chi connectivity index (χ0v) is 18.2. The summed E-state index contributed by atoms with van der Waals surface area (Å²) in [4.78, 5) is 4.17. The van der Waals surface area contributed by atoms with Gasteiger partial charge in [-0.1, -0.05) is 71.0 Å². The van der Waals surface area contributed by atoms with Gasteiger partial charge in [0.05, 0.1) is 10.9 Å². The molecule has 0 saturated heterocycles. The van der Waals surface area contributed by atoms with E-state index in [1.54, 1.807) is 0 Å². The summed E-state index contributed by atoms with van der Waals surface area (Å²) >= 11 is 0. The van der Waals surface area contributed by atoms with Crippen LogP contribution in [0.2, 0.25) is 0 Å². The molecule has 0 bridgehead atoms. The molecule has 140 valence electrons. The topological polar surface area (TPSA) is 0 Å². The maximum atomic E-state index is 2.40. The monoisotopic (exact) mass is 375 g/mol. The summed E-state index contributed by atoms with van der Waals surface area (Å²) in [6.07, 6.45) is 0. The molecule has 0 spiro atoms. The predicted molar refractivity (Wildman–Crippen MR) is 119 cm³/mol. The van der Waals surface area contributed by atoms with Gasteiger partial charge in [0, 0.05) is 0 Å². The molecule has 0 aliphatic rings. The molecule has 0 aliphatic heterocycles. The molecular weight excluding hydrogens is 344 g/mol. The minimum absolute atomic E-state index is 0.0915. The molecule has 0 aromatic heterocycles. The fourth-order valence-corrected chi connectivity index (χ4v) is 5.43. The van der Waals surface area contributed by atoms with Crippen LogP contribution in [-0.2, 0) is 16.3 Å². The molecule has 1 unspecified atom stereocenters. The van der Waals surface area contributed by atoms with Gasteiger partial charge in [-0.05, 0) is 71.3 Å². The van der Waals surface area contributed by atoms with E-state index in [9.17, 15) is 0 Å². The maximum absolute atomic E-state index is 2.40. The third-order valence-corrected chi connectivity index (χ3v) is 7.14. The molecule has 0 fully saturated rings. The molecule has 0 heterocycles. The van der Waals surface area contributed by atoms with E-state index >= 15 is 0 Å². The van der Waals surface area contributed by atoms with E-state index < -0.39 is 0 Å². The normalized spacial score (nSPS) is 13.0.